The van der Waals surface area contributed by atoms with Crippen LogP contribution >= 0.6 is 11.3 Å². The van der Waals surface area contributed by atoms with Crippen LogP contribution in [-0.2, 0) is 4.74 Å². The Bertz CT molecular complexity index is 495. The maximum Gasteiger partial charge on any atom is 0.409 e. The third kappa shape index (κ3) is 4.44. The molecule has 2 heterocycles. The van der Waals surface area contributed by atoms with Crippen molar-refractivity contribution in [1.82, 2.24) is 15.1 Å². The van der Waals surface area contributed by atoms with Gasteiger partial charge < -0.3 is 15.0 Å². The highest BCUT2D eigenvalue weighted by Crippen LogP contribution is 2.13. The normalized spacial score (nSPS) is 15.8. The first-order chi connectivity index (χ1) is 10.1. The van der Waals surface area contributed by atoms with E-state index in [9.17, 15) is 9.59 Å². The van der Waals surface area contributed by atoms with E-state index < -0.39 is 0 Å². The van der Waals surface area contributed by atoms with Crippen molar-refractivity contribution >= 4 is 23.3 Å². The summed E-state index contributed by atoms with van der Waals surface area (Å²) in [5.74, 6) is -0.0127. The van der Waals surface area contributed by atoms with E-state index in [1.165, 1.54) is 18.4 Å². The minimum absolute atomic E-state index is 0.0127. The first-order valence-electron chi connectivity index (χ1n) is 6.98. The molecule has 1 aliphatic heterocycles. The summed E-state index contributed by atoms with van der Waals surface area (Å²) < 4.78 is 4.70. The fourth-order valence-corrected chi connectivity index (χ4v) is 3.06. The van der Waals surface area contributed by atoms with E-state index in [1.807, 2.05) is 18.4 Å². The number of nitrogens with one attached hydrogen (secondary N) is 1. The second kappa shape index (κ2) is 7.42. The van der Waals surface area contributed by atoms with Crippen molar-refractivity contribution in [1.29, 1.82) is 0 Å². The summed E-state index contributed by atoms with van der Waals surface area (Å²) >= 11 is 1.47. The molecule has 1 aromatic rings. The van der Waals surface area contributed by atoms with E-state index in [0.29, 0.717) is 19.6 Å². The van der Waals surface area contributed by atoms with Gasteiger partial charge in [-0.25, -0.2) is 4.79 Å². The topological polar surface area (TPSA) is 61.9 Å². The molecule has 0 atom stereocenters. The van der Waals surface area contributed by atoms with Crippen LogP contribution < -0.4 is 5.32 Å². The van der Waals surface area contributed by atoms with Crippen LogP contribution in [0, 0.1) is 6.92 Å². The van der Waals surface area contributed by atoms with Crippen molar-refractivity contribution in [2.45, 2.75) is 6.92 Å². The zero-order valence-electron chi connectivity index (χ0n) is 12.4. The van der Waals surface area contributed by atoms with Crippen LogP contribution in [-0.4, -0.2) is 68.2 Å². The highest BCUT2D eigenvalue weighted by molar-refractivity contribution is 7.12. The van der Waals surface area contributed by atoms with E-state index in [2.05, 4.69) is 10.2 Å². The maximum atomic E-state index is 11.9. The van der Waals surface area contributed by atoms with Gasteiger partial charge >= 0.3 is 6.09 Å². The fraction of sp³-hybridized carbons (Fsp3) is 0.571. The van der Waals surface area contributed by atoms with Gasteiger partial charge in [-0.2, -0.15) is 0 Å². The first kappa shape index (κ1) is 15.8. The predicted octanol–water partition coefficient (Wildman–Crippen LogP) is 1.17. The van der Waals surface area contributed by atoms with Crippen LogP contribution in [0.15, 0.2) is 11.4 Å². The lowest BCUT2D eigenvalue weighted by molar-refractivity contribution is 0.0886. The van der Waals surface area contributed by atoms with Gasteiger partial charge in [0.05, 0.1) is 12.0 Å². The molecule has 0 saturated carbocycles. The molecule has 116 valence electrons. The second-order valence-electron chi connectivity index (χ2n) is 5.04. The Morgan fingerprint density at radius 3 is 2.62 bits per heavy atom. The summed E-state index contributed by atoms with van der Waals surface area (Å²) in [6, 6.07) is 1.90. The Morgan fingerprint density at radius 1 is 1.33 bits per heavy atom. The van der Waals surface area contributed by atoms with Crippen LogP contribution in [0.25, 0.3) is 0 Å². The molecule has 2 rings (SSSR count). The number of ether oxygens (including phenoxy) is 1. The summed E-state index contributed by atoms with van der Waals surface area (Å²) in [4.78, 5) is 27.9. The maximum absolute atomic E-state index is 11.9. The van der Waals surface area contributed by atoms with Crippen molar-refractivity contribution < 1.29 is 14.3 Å². The zero-order valence-corrected chi connectivity index (χ0v) is 13.2. The van der Waals surface area contributed by atoms with Crippen molar-refractivity contribution in [2.75, 3.05) is 46.4 Å². The number of thiophene rings is 1. The standard InChI is InChI=1S/C14H21N3O3S/c1-11-9-12(21-10-11)13(18)15-3-4-16-5-7-17(8-6-16)14(19)20-2/h9-10H,3-8H2,1-2H3,(H,15,18). The molecule has 0 aliphatic carbocycles. The summed E-state index contributed by atoms with van der Waals surface area (Å²) in [7, 11) is 1.40. The van der Waals surface area contributed by atoms with Gasteiger partial charge in [0, 0.05) is 39.3 Å². The number of amides is 2. The molecule has 0 spiro atoms. The molecule has 0 bridgehead atoms. The Kier molecular flexibility index (Phi) is 5.58. The quantitative estimate of drug-likeness (QED) is 0.907. The molecule has 0 aromatic carbocycles. The van der Waals surface area contributed by atoms with Crippen LogP contribution in [0.3, 0.4) is 0 Å². The van der Waals surface area contributed by atoms with Gasteiger partial charge in [0.1, 0.15) is 0 Å². The molecule has 1 saturated heterocycles. The molecule has 7 heteroatoms. The number of carbonyl (C=O) groups is 2. The number of rotatable bonds is 4. The van der Waals surface area contributed by atoms with Gasteiger partial charge in [0.25, 0.3) is 5.91 Å². The molecule has 21 heavy (non-hydrogen) atoms. The third-order valence-corrected chi connectivity index (χ3v) is 4.52. The SMILES string of the molecule is COC(=O)N1CCN(CCNC(=O)c2cc(C)cs2)CC1. The number of carbonyl (C=O) groups excluding carboxylic acids is 2. The number of aryl methyl sites for hydroxylation is 1. The lowest BCUT2D eigenvalue weighted by Gasteiger charge is -2.33. The lowest BCUT2D eigenvalue weighted by Crippen LogP contribution is -2.50. The highest BCUT2D eigenvalue weighted by Gasteiger charge is 2.21. The monoisotopic (exact) mass is 311 g/mol. The van der Waals surface area contributed by atoms with Gasteiger partial charge in [0.15, 0.2) is 0 Å². The van der Waals surface area contributed by atoms with E-state index in [1.54, 1.807) is 4.90 Å². The molecule has 1 N–H and O–H groups in total. The van der Waals surface area contributed by atoms with Crippen LogP contribution in [0.4, 0.5) is 4.79 Å². The largest absolute Gasteiger partial charge is 0.453 e. The summed E-state index contributed by atoms with van der Waals surface area (Å²) in [5.41, 5.74) is 1.11. The lowest BCUT2D eigenvalue weighted by atomic mass is 10.3. The average molecular weight is 311 g/mol. The smallest absolute Gasteiger partial charge is 0.409 e. The van der Waals surface area contributed by atoms with Gasteiger partial charge in [0.2, 0.25) is 0 Å². The molecule has 1 fully saturated rings. The number of methoxy groups -OCH3 is 1. The Morgan fingerprint density at radius 2 is 2.05 bits per heavy atom. The van der Waals surface area contributed by atoms with Crippen LogP contribution in [0.5, 0.6) is 0 Å². The van der Waals surface area contributed by atoms with Gasteiger partial charge in [-0.05, 0) is 23.9 Å². The van der Waals surface area contributed by atoms with Crippen molar-refractivity contribution in [3.63, 3.8) is 0 Å². The van der Waals surface area contributed by atoms with Crippen molar-refractivity contribution in [3.05, 3.63) is 21.9 Å². The van der Waals surface area contributed by atoms with E-state index in [-0.39, 0.29) is 12.0 Å². The van der Waals surface area contributed by atoms with Crippen LogP contribution in [0.2, 0.25) is 0 Å². The van der Waals surface area contributed by atoms with E-state index >= 15 is 0 Å². The first-order valence-corrected chi connectivity index (χ1v) is 7.86. The minimum atomic E-state index is -0.268. The van der Waals surface area contributed by atoms with Gasteiger partial charge in [-0.1, -0.05) is 0 Å². The molecule has 0 radical (unpaired) electrons. The molecule has 1 aliphatic rings. The molecule has 2 amide bonds. The van der Waals surface area contributed by atoms with E-state index in [0.717, 1.165) is 30.1 Å². The molecule has 6 nitrogen and oxygen atoms in total. The number of hydrogen-bond donors (Lipinski definition) is 1. The Labute approximate surface area is 128 Å². The Balaban J connectivity index is 1.66. The predicted molar refractivity (Wildman–Crippen MR) is 81.8 cm³/mol. The molecular formula is C14H21N3O3S. The molecule has 0 unspecified atom stereocenters. The molecular weight excluding hydrogens is 290 g/mol. The fourth-order valence-electron chi connectivity index (χ4n) is 2.25. The summed E-state index contributed by atoms with van der Waals surface area (Å²) in [6.45, 7) is 6.36. The zero-order chi connectivity index (χ0) is 15.2. The van der Waals surface area contributed by atoms with Gasteiger partial charge in [-0.15, -0.1) is 11.3 Å². The second-order valence-corrected chi connectivity index (χ2v) is 5.95. The minimum Gasteiger partial charge on any atom is -0.453 e. The number of piperazine rings is 1. The summed E-state index contributed by atoms with van der Waals surface area (Å²) in [6.07, 6.45) is -0.268. The summed E-state index contributed by atoms with van der Waals surface area (Å²) in [5, 5.41) is 4.90. The van der Waals surface area contributed by atoms with Gasteiger partial charge in [-0.3, -0.25) is 9.69 Å². The van der Waals surface area contributed by atoms with Crippen LogP contribution in [0.1, 0.15) is 15.2 Å². The van der Waals surface area contributed by atoms with Crippen molar-refractivity contribution in [3.8, 4) is 0 Å². The number of hydrogen-bond acceptors (Lipinski definition) is 5. The average Bonchev–Trinajstić information content (AvgIpc) is 2.94. The third-order valence-electron chi connectivity index (χ3n) is 3.47. The molecule has 1 aromatic heterocycles. The number of nitrogens with zero attached hydrogens (tertiary/aromatic N) is 2. The Hall–Kier alpha value is -1.60. The highest BCUT2D eigenvalue weighted by atomic mass is 32.1. The van der Waals surface area contributed by atoms with E-state index in [4.69, 9.17) is 4.74 Å². The van der Waals surface area contributed by atoms with Crippen molar-refractivity contribution in [2.24, 2.45) is 0 Å².